The molecule has 0 heterocycles. The quantitative estimate of drug-likeness (QED) is 0.847. The molecule has 0 aromatic heterocycles. The van der Waals surface area contributed by atoms with Crippen LogP contribution in [0.2, 0.25) is 10.0 Å². The molecule has 0 saturated heterocycles. The van der Waals surface area contributed by atoms with Gasteiger partial charge < -0.3 is 5.73 Å². The first kappa shape index (κ1) is 11.8. The van der Waals surface area contributed by atoms with E-state index < -0.39 is 0 Å². The molecule has 0 bridgehead atoms. The van der Waals surface area contributed by atoms with E-state index in [-0.39, 0.29) is 0 Å². The maximum atomic E-state index is 6.05. The SMILES string of the molecule is Cc1c(Cl)cc(Cl)c(C)c1CCCN. The third-order valence-corrected chi connectivity index (χ3v) is 3.29. The number of benzene rings is 1. The molecule has 1 aromatic carbocycles. The lowest BCUT2D eigenvalue weighted by atomic mass is 9.98. The highest BCUT2D eigenvalue weighted by Gasteiger charge is 2.09. The summed E-state index contributed by atoms with van der Waals surface area (Å²) in [6.45, 7) is 4.75. The largest absolute Gasteiger partial charge is 0.330 e. The van der Waals surface area contributed by atoms with Crippen molar-refractivity contribution >= 4 is 23.2 Å². The van der Waals surface area contributed by atoms with Crippen LogP contribution in [0, 0.1) is 13.8 Å². The first-order valence-corrected chi connectivity index (χ1v) is 5.47. The molecular weight excluding hydrogens is 217 g/mol. The van der Waals surface area contributed by atoms with E-state index in [1.807, 2.05) is 13.8 Å². The second-order valence-corrected chi connectivity index (χ2v) is 4.28. The van der Waals surface area contributed by atoms with Crippen LogP contribution in [0.25, 0.3) is 0 Å². The molecule has 2 N–H and O–H groups in total. The molecule has 0 aliphatic rings. The van der Waals surface area contributed by atoms with Crippen molar-refractivity contribution in [2.75, 3.05) is 6.54 Å². The van der Waals surface area contributed by atoms with Crippen LogP contribution in [0.4, 0.5) is 0 Å². The normalized spacial score (nSPS) is 10.6. The van der Waals surface area contributed by atoms with Gasteiger partial charge in [0.1, 0.15) is 0 Å². The van der Waals surface area contributed by atoms with Gasteiger partial charge in [-0.3, -0.25) is 0 Å². The highest BCUT2D eigenvalue weighted by atomic mass is 35.5. The Morgan fingerprint density at radius 1 is 1.14 bits per heavy atom. The third kappa shape index (κ3) is 2.41. The number of halogens is 2. The Morgan fingerprint density at radius 3 is 2.07 bits per heavy atom. The van der Waals surface area contributed by atoms with E-state index in [0.717, 1.165) is 34.0 Å². The zero-order chi connectivity index (χ0) is 10.7. The number of hydrogen-bond donors (Lipinski definition) is 1. The van der Waals surface area contributed by atoms with Crippen molar-refractivity contribution in [1.29, 1.82) is 0 Å². The highest BCUT2D eigenvalue weighted by Crippen LogP contribution is 2.29. The van der Waals surface area contributed by atoms with Gasteiger partial charge in [-0.05, 0) is 56.0 Å². The van der Waals surface area contributed by atoms with Crippen molar-refractivity contribution in [3.05, 3.63) is 32.8 Å². The molecule has 1 nitrogen and oxygen atoms in total. The Bertz CT molecular complexity index is 308. The molecule has 0 aliphatic heterocycles. The summed E-state index contributed by atoms with van der Waals surface area (Å²) >= 11 is 12.1. The minimum atomic E-state index is 0.697. The van der Waals surface area contributed by atoms with E-state index in [0.29, 0.717) is 6.54 Å². The smallest absolute Gasteiger partial charge is 0.0452 e. The first-order valence-electron chi connectivity index (χ1n) is 4.72. The van der Waals surface area contributed by atoms with Crippen molar-refractivity contribution in [3.8, 4) is 0 Å². The minimum absolute atomic E-state index is 0.697. The number of rotatable bonds is 3. The van der Waals surface area contributed by atoms with E-state index in [1.54, 1.807) is 6.07 Å². The van der Waals surface area contributed by atoms with Crippen LogP contribution < -0.4 is 5.73 Å². The monoisotopic (exact) mass is 231 g/mol. The van der Waals surface area contributed by atoms with E-state index in [9.17, 15) is 0 Å². The fourth-order valence-corrected chi connectivity index (χ4v) is 2.05. The average Bonchev–Trinajstić information content (AvgIpc) is 2.15. The number of hydrogen-bond acceptors (Lipinski definition) is 1. The van der Waals surface area contributed by atoms with Gasteiger partial charge in [0.25, 0.3) is 0 Å². The van der Waals surface area contributed by atoms with Gasteiger partial charge in [-0.25, -0.2) is 0 Å². The summed E-state index contributed by atoms with van der Waals surface area (Å²) < 4.78 is 0. The molecule has 3 heteroatoms. The molecular formula is C11H15Cl2N. The van der Waals surface area contributed by atoms with Crippen molar-refractivity contribution in [1.82, 2.24) is 0 Å². The molecule has 14 heavy (non-hydrogen) atoms. The molecule has 0 fully saturated rings. The molecule has 0 atom stereocenters. The van der Waals surface area contributed by atoms with Gasteiger partial charge in [-0.15, -0.1) is 0 Å². The van der Waals surface area contributed by atoms with Crippen molar-refractivity contribution in [3.63, 3.8) is 0 Å². The van der Waals surface area contributed by atoms with Crippen LogP contribution in [0.1, 0.15) is 23.1 Å². The lowest BCUT2D eigenvalue weighted by Gasteiger charge is -2.12. The predicted octanol–water partition coefficient (Wildman–Crippen LogP) is 3.50. The van der Waals surface area contributed by atoms with Crippen LogP contribution in [0.3, 0.4) is 0 Å². The molecule has 0 unspecified atom stereocenters. The van der Waals surface area contributed by atoms with Gasteiger partial charge in [0.05, 0.1) is 0 Å². The molecule has 0 aliphatic carbocycles. The van der Waals surface area contributed by atoms with Gasteiger partial charge in [0.2, 0.25) is 0 Å². The summed E-state index contributed by atoms with van der Waals surface area (Å²) in [7, 11) is 0. The molecule has 0 spiro atoms. The van der Waals surface area contributed by atoms with E-state index >= 15 is 0 Å². The maximum absolute atomic E-state index is 6.05. The van der Waals surface area contributed by atoms with Crippen LogP contribution in [-0.4, -0.2) is 6.54 Å². The average molecular weight is 232 g/mol. The third-order valence-electron chi connectivity index (χ3n) is 2.51. The Kier molecular flexibility index (Phi) is 4.24. The number of nitrogens with two attached hydrogens (primary N) is 1. The first-order chi connectivity index (χ1) is 6.57. The van der Waals surface area contributed by atoms with Crippen LogP contribution >= 0.6 is 23.2 Å². The molecule has 1 rings (SSSR count). The van der Waals surface area contributed by atoms with Gasteiger partial charge in [0.15, 0.2) is 0 Å². The highest BCUT2D eigenvalue weighted by molar-refractivity contribution is 6.35. The second-order valence-electron chi connectivity index (χ2n) is 3.46. The summed E-state index contributed by atoms with van der Waals surface area (Å²) in [5.41, 5.74) is 8.98. The fraction of sp³-hybridized carbons (Fsp3) is 0.455. The Labute approximate surface area is 95.2 Å². The van der Waals surface area contributed by atoms with E-state index in [1.165, 1.54) is 5.56 Å². The molecule has 0 amide bonds. The maximum Gasteiger partial charge on any atom is 0.0452 e. The lowest BCUT2D eigenvalue weighted by Crippen LogP contribution is -2.03. The van der Waals surface area contributed by atoms with Crippen molar-refractivity contribution in [2.24, 2.45) is 5.73 Å². The predicted molar refractivity (Wildman–Crippen MR) is 63.3 cm³/mol. The Morgan fingerprint density at radius 2 is 1.64 bits per heavy atom. The van der Waals surface area contributed by atoms with Crippen molar-refractivity contribution in [2.45, 2.75) is 26.7 Å². The summed E-state index contributed by atoms with van der Waals surface area (Å²) in [5, 5.41) is 1.49. The Hall–Kier alpha value is -0.240. The second kappa shape index (κ2) is 5.01. The Balaban J connectivity index is 3.11. The summed E-state index contributed by atoms with van der Waals surface area (Å²) in [6, 6.07) is 1.81. The summed E-state index contributed by atoms with van der Waals surface area (Å²) in [6.07, 6.45) is 1.92. The van der Waals surface area contributed by atoms with Crippen LogP contribution in [0.5, 0.6) is 0 Å². The molecule has 1 aromatic rings. The van der Waals surface area contributed by atoms with Gasteiger partial charge >= 0.3 is 0 Å². The van der Waals surface area contributed by atoms with Gasteiger partial charge in [0, 0.05) is 10.0 Å². The topological polar surface area (TPSA) is 26.0 Å². The zero-order valence-electron chi connectivity index (χ0n) is 8.53. The van der Waals surface area contributed by atoms with Gasteiger partial charge in [-0.2, -0.15) is 0 Å². The zero-order valence-corrected chi connectivity index (χ0v) is 10.0. The lowest BCUT2D eigenvalue weighted by molar-refractivity contribution is 0.823. The van der Waals surface area contributed by atoms with Gasteiger partial charge in [-0.1, -0.05) is 23.2 Å². The van der Waals surface area contributed by atoms with E-state index in [2.05, 4.69) is 0 Å². The van der Waals surface area contributed by atoms with Crippen LogP contribution in [0.15, 0.2) is 6.07 Å². The van der Waals surface area contributed by atoms with E-state index in [4.69, 9.17) is 28.9 Å². The molecule has 0 radical (unpaired) electrons. The standard InChI is InChI=1S/C11H15Cl2N/c1-7-9(4-3-5-14)8(2)11(13)6-10(7)12/h6H,3-5,14H2,1-2H3. The summed E-state index contributed by atoms with van der Waals surface area (Å²) in [4.78, 5) is 0. The minimum Gasteiger partial charge on any atom is -0.330 e. The fourth-order valence-electron chi connectivity index (χ4n) is 1.55. The summed E-state index contributed by atoms with van der Waals surface area (Å²) in [5.74, 6) is 0. The molecule has 78 valence electrons. The van der Waals surface area contributed by atoms with Crippen LogP contribution in [-0.2, 0) is 6.42 Å². The molecule has 0 saturated carbocycles. The van der Waals surface area contributed by atoms with Crippen molar-refractivity contribution < 1.29 is 0 Å².